The zero-order valence-electron chi connectivity index (χ0n) is 16.5. The van der Waals surface area contributed by atoms with Crippen LogP contribution in [0.25, 0.3) is 23.3 Å². The third kappa shape index (κ3) is 2.42. The molecule has 4 aliphatic carbocycles. The highest BCUT2D eigenvalue weighted by atomic mass is 16.4. The molecule has 0 fully saturated rings. The molecule has 0 amide bonds. The lowest BCUT2D eigenvalue weighted by molar-refractivity contribution is 0.408. The molecule has 2 aromatic rings. The molecule has 6 rings (SSSR count). The maximum absolute atomic E-state index is 10.4. The lowest BCUT2D eigenvalue weighted by Gasteiger charge is -2.41. The summed E-state index contributed by atoms with van der Waals surface area (Å²) in [4.78, 5) is 0. The zero-order valence-corrected chi connectivity index (χ0v) is 16.5. The van der Waals surface area contributed by atoms with Crippen molar-refractivity contribution in [3.05, 3.63) is 112 Å². The highest BCUT2D eigenvalue weighted by Gasteiger charge is 2.50. The van der Waals surface area contributed by atoms with Gasteiger partial charge in [0.2, 0.25) is 0 Å². The highest BCUT2D eigenvalue weighted by molar-refractivity contribution is 6.58. The van der Waals surface area contributed by atoms with Gasteiger partial charge in [-0.1, -0.05) is 72.8 Å². The predicted octanol–water partition coefficient (Wildman–Crippen LogP) is 2.14. The largest absolute Gasteiger partial charge is 0.488 e. The van der Waals surface area contributed by atoms with Crippen LogP contribution in [0.3, 0.4) is 0 Å². The molecule has 148 valence electrons. The number of fused-ring (bicyclic) bond motifs is 8. The molecule has 0 heterocycles. The Labute approximate surface area is 180 Å². The van der Waals surface area contributed by atoms with E-state index < -0.39 is 19.7 Å². The van der Waals surface area contributed by atoms with Crippen molar-refractivity contribution in [2.24, 2.45) is 5.41 Å². The minimum absolute atomic E-state index is 0.423. The van der Waals surface area contributed by atoms with Gasteiger partial charge in [-0.05, 0) is 67.6 Å². The fourth-order valence-electron chi connectivity index (χ4n) is 5.36. The first-order chi connectivity index (χ1) is 15.0. The summed E-state index contributed by atoms with van der Waals surface area (Å²) in [5.41, 5.74) is 8.26. The van der Waals surface area contributed by atoms with Crippen molar-refractivity contribution < 1.29 is 20.1 Å². The third-order valence-electron chi connectivity index (χ3n) is 6.72. The molecule has 2 aromatic carbocycles. The van der Waals surface area contributed by atoms with Gasteiger partial charge in [0.15, 0.2) is 0 Å². The minimum atomic E-state index is -1.62. The SMILES string of the molecule is OB(O)C1=CC=C2C(=Cc3cc(B(O)O)ccc32)C12C=CC=C1C2=Cc2ccccc21. The van der Waals surface area contributed by atoms with E-state index in [1.54, 1.807) is 18.2 Å². The van der Waals surface area contributed by atoms with Gasteiger partial charge < -0.3 is 20.1 Å². The van der Waals surface area contributed by atoms with Gasteiger partial charge in [-0.3, -0.25) is 0 Å². The fourth-order valence-corrected chi connectivity index (χ4v) is 5.36. The van der Waals surface area contributed by atoms with E-state index in [1.807, 2.05) is 42.5 Å². The monoisotopic (exact) mass is 404 g/mol. The Bertz CT molecular complexity index is 1340. The maximum Gasteiger partial charge on any atom is 0.488 e. The number of rotatable bonds is 2. The van der Waals surface area contributed by atoms with Crippen LogP contribution in [0.15, 0.2) is 89.5 Å². The van der Waals surface area contributed by atoms with Crippen LogP contribution in [-0.2, 0) is 0 Å². The second kappa shape index (κ2) is 6.42. The van der Waals surface area contributed by atoms with E-state index in [2.05, 4.69) is 24.3 Å². The van der Waals surface area contributed by atoms with Gasteiger partial charge in [0.05, 0.1) is 5.41 Å². The molecule has 0 bridgehead atoms. The summed E-state index contributed by atoms with van der Waals surface area (Å²) in [6.45, 7) is 0. The van der Waals surface area contributed by atoms with E-state index in [4.69, 9.17) is 0 Å². The normalized spacial score (nSPS) is 21.9. The number of allylic oxidation sites excluding steroid dienone is 10. The summed E-state index contributed by atoms with van der Waals surface area (Å²) in [7, 11) is -3.16. The van der Waals surface area contributed by atoms with E-state index in [0.29, 0.717) is 10.9 Å². The second-order valence-corrected chi connectivity index (χ2v) is 8.25. The number of benzene rings is 2. The smallest absolute Gasteiger partial charge is 0.423 e. The van der Waals surface area contributed by atoms with Crippen molar-refractivity contribution in [1.29, 1.82) is 0 Å². The Balaban J connectivity index is 1.60. The summed E-state index contributed by atoms with van der Waals surface area (Å²) in [6.07, 6.45) is 14.0. The Morgan fingerprint density at radius 2 is 1.39 bits per heavy atom. The van der Waals surface area contributed by atoms with Crippen LogP contribution in [0.1, 0.15) is 22.3 Å². The van der Waals surface area contributed by atoms with Crippen molar-refractivity contribution in [3.8, 4) is 0 Å². The molecule has 0 saturated heterocycles. The fraction of sp³-hybridized carbons (Fsp3) is 0.0400. The van der Waals surface area contributed by atoms with Crippen molar-refractivity contribution in [1.82, 2.24) is 0 Å². The van der Waals surface area contributed by atoms with Crippen LogP contribution >= 0.6 is 0 Å². The summed E-state index contributed by atoms with van der Waals surface area (Å²) < 4.78 is 0. The molecular weight excluding hydrogens is 386 g/mol. The van der Waals surface area contributed by atoms with Gasteiger partial charge in [-0.25, -0.2) is 0 Å². The first-order valence-electron chi connectivity index (χ1n) is 10.2. The van der Waals surface area contributed by atoms with Crippen LogP contribution < -0.4 is 5.46 Å². The first kappa shape index (κ1) is 18.6. The molecule has 6 heteroatoms. The molecular formula is C25H18B2O4. The molecule has 4 N–H and O–H groups in total. The van der Waals surface area contributed by atoms with Gasteiger partial charge in [-0.2, -0.15) is 0 Å². The maximum atomic E-state index is 10.4. The summed E-state index contributed by atoms with van der Waals surface area (Å²) >= 11 is 0. The molecule has 4 nitrogen and oxygen atoms in total. The Morgan fingerprint density at radius 3 is 2.16 bits per heavy atom. The van der Waals surface area contributed by atoms with Crippen LogP contribution in [0.4, 0.5) is 0 Å². The molecule has 0 saturated carbocycles. The van der Waals surface area contributed by atoms with Gasteiger partial charge in [0.1, 0.15) is 0 Å². The third-order valence-corrected chi connectivity index (χ3v) is 6.72. The summed E-state index contributed by atoms with van der Waals surface area (Å²) in [5.74, 6) is 0. The highest BCUT2D eigenvalue weighted by Crippen LogP contribution is 2.61. The van der Waals surface area contributed by atoms with E-state index in [9.17, 15) is 20.1 Å². The topological polar surface area (TPSA) is 80.9 Å². The van der Waals surface area contributed by atoms with E-state index in [1.165, 1.54) is 0 Å². The molecule has 0 radical (unpaired) electrons. The van der Waals surface area contributed by atoms with Gasteiger partial charge in [0.25, 0.3) is 0 Å². The van der Waals surface area contributed by atoms with Crippen molar-refractivity contribution in [2.45, 2.75) is 0 Å². The lowest BCUT2D eigenvalue weighted by Crippen LogP contribution is -2.37. The van der Waals surface area contributed by atoms with Crippen molar-refractivity contribution in [2.75, 3.05) is 0 Å². The van der Waals surface area contributed by atoms with Crippen LogP contribution in [0, 0.1) is 5.41 Å². The molecule has 4 aliphatic rings. The molecule has 31 heavy (non-hydrogen) atoms. The van der Waals surface area contributed by atoms with Gasteiger partial charge >= 0.3 is 14.2 Å². The van der Waals surface area contributed by atoms with E-state index >= 15 is 0 Å². The Hall–Kier alpha value is -3.15. The van der Waals surface area contributed by atoms with Crippen LogP contribution in [0.5, 0.6) is 0 Å². The van der Waals surface area contributed by atoms with E-state index in [-0.39, 0.29) is 0 Å². The Morgan fingerprint density at radius 1 is 0.677 bits per heavy atom. The zero-order chi connectivity index (χ0) is 21.3. The number of hydrogen-bond donors (Lipinski definition) is 4. The van der Waals surface area contributed by atoms with Gasteiger partial charge in [0, 0.05) is 0 Å². The molecule has 1 spiro atoms. The predicted molar refractivity (Wildman–Crippen MR) is 124 cm³/mol. The summed E-state index contributed by atoms with van der Waals surface area (Å²) in [6, 6.07) is 13.5. The lowest BCUT2D eigenvalue weighted by atomic mass is 9.52. The standard InChI is InChI=1S/C25H18B2O4/c28-26(29)17-7-8-19-16(12-17)14-23-21(19)9-10-24(27(30)31)25(23)11-3-6-20-18-5-2-1-4-15(18)13-22(20)25/h1-14,28-31H. The Kier molecular flexibility index (Phi) is 3.86. The first-order valence-corrected chi connectivity index (χ1v) is 10.2. The second-order valence-electron chi connectivity index (χ2n) is 8.25. The van der Waals surface area contributed by atoms with Crippen molar-refractivity contribution >= 4 is 43.0 Å². The number of hydrogen-bond acceptors (Lipinski definition) is 4. The van der Waals surface area contributed by atoms with E-state index in [0.717, 1.165) is 44.5 Å². The molecule has 0 aliphatic heterocycles. The van der Waals surface area contributed by atoms with Crippen molar-refractivity contribution in [3.63, 3.8) is 0 Å². The molecule has 1 atom stereocenters. The average molecular weight is 404 g/mol. The minimum Gasteiger partial charge on any atom is -0.423 e. The molecule has 1 unspecified atom stereocenters. The average Bonchev–Trinajstić information content (AvgIpc) is 3.33. The van der Waals surface area contributed by atoms with Crippen LogP contribution in [0.2, 0.25) is 0 Å². The van der Waals surface area contributed by atoms with Gasteiger partial charge in [-0.15, -0.1) is 0 Å². The summed E-state index contributed by atoms with van der Waals surface area (Å²) in [5, 5.41) is 40.0. The quantitative estimate of drug-likeness (QED) is 0.579. The molecule has 0 aromatic heterocycles. The van der Waals surface area contributed by atoms with Crippen LogP contribution in [-0.4, -0.2) is 34.3 Å².